The number of ether oxygens (including phenoxy) is 2. The lowest BCUT2D eigenvalue weighted by atomic mass is 10.1. The van der Waals surface area contributed by atoms with Crippen LogP contribution < -0.4 is 9.47 Å². The van der Waals surface area contributed by atoms with Crippen molar-refractivity contribution < 1.29 is 24.2 Å². The molecule has 0 atom stereocenters. The Bertz CT molecular complexity index is 393. The molecule has 6 nitrogen and oxygen atoms in total. The Balaban J connectivity index is 3.09. The number of carboxylic acid groups (broad SMARTS) is 1. The van der Waals surface area contributed by atoms with Crippen molar-refractivity contribution in [2.75, 3.05) is 14.2 Å². The second-order valence-electron chi connectivity index (χ2n) is 2.91. The van der Waals surface area contributed by atoms with Crippen LogP contribution in [0.1, 0.15) is 5.56 Å². The molecule has 1 aromatic heterocycles. The van der Waals surface area contributed by atoms with Gasteiger partial charge in [-0.15, -0.1) is 0 Å². The van der Waals surface area contributed by atoms with Gasteiger partial charge in [0.1, 0.15) is 5.75 Å². The number of aromatic nitrogens is 1. The third-order valence-corrected chi connectivity index (χ3v) is 1.96. The lowest BCUT2D eigenvalue weighted by molar-refractivity contribution is -0.148. The number of hydrogen-bond acceptors (Lipinski definition) is 5. The van der Waals surface area contributed by atoms with Crippen molar-refractivity contribution in [3.05, 3.63) is 17.8 Å². The first-order valence-corrected chi connectivity index (χ1v) is 4.42. The molecular formula is C10H11NO5. The van der Waals surface area contributed by atoms with Gasteiger partial charge in [0.25, 0.3) is 0 Å². The average Bonchev–Trinajstić information content (AvgIpc) is 2.29. The van der Waals surface area contributed by atoms with Crippen LogP contribution in [-0.2, 0) is 16.0 Å². The molecular weight excluding hydrogens is 214 g/mol. The van der Waals surface area contributed by atoms with Crippen molar-refractivity contribution in [3.8, 4) is 11.6 Å². The van der Waals surface area contributed by atoms with E-state index >= 15 is 0 Å². The van der Waals surface area contributed by atoms with E-state index < -0.39 is 11.8 Å². The monoisotopic (exact) mass is 225 g/mol. The Hall–Kier alpha value is -2.11. The summed E-state index contributed by atoms with van der Waals surface area (Å²) in [6.07, 6.45) is 1.14. The molecule has 0 fully saturated rings. The fourth-order valence-electron chi connectivity index (χ4n) is 1.22. The van der Waals surface area contributed by atoms with E-state index in [-0.39, 0.29) is 12.3 Å². The van der Waals surface area contributed by atoms with E-state index in [1.54, 1.807) is 0 Å². The molecule has 0 radical (unpaired) electrons. The van der Waals surface area contributed by atoms with Crippen LogP contribution in [0.2, 0.25) is 0 Å². The maximum absolute atomic E-state index is 11.1. The fraction of sp³-hybridized carbons (Fsp3) is 0.300. The molecule has 6 heteroatoms. The molecule has 1 aromatic rings. The van der Waals surface area contributed by atoms with E-state index in [4.69, 9.17) is 14.6 Å². The Labute approximate surface area is 91.8 Å². The molecule has 16 heavy (non-hydrogen) atoms. The number of carbonyl (C=O) groups excluding carboxylic acids is 1. The SMILES string of the molecule is COc1ccnc(OC)c1CC(=O)C(=O)O. The van der Waals surface area contributed by atoms with Crippen LogP contribution in [0.3, 0.4) is 0 Å². The zero-order chi connectivity index (χ0) is 12.1. The highest BCUT2D eigenvalue weighted by molar-refractivity contribution is 6.33. The van der Waals surface area contributed by atoms with Gasteiger partial charge in [0.15, 0.2) is 0 Å². The van der Waals surface area contributed by atoms with Gasteiger partial charge in [-0.05, 0) is 6.07 Å². The quantitative estimate of drug-likeness (QED) is 0.725. The van der Waals surface area contributed by atoms with Gasteiger partial charge in [0.2, 0.25) is 11.7 Å². The molecule has 1 rings (SSSR count). The van der Waals surface area contributed by atoms with Gasteiger partial charge in [0, 0.05) is 6.20 Å². The number of hydrogen-bond donors (Lipinski definition) is 1. The van der Waals surface area contributed by atoms with Gasteiger partial charge < -0.3 is 14.6 Å². The molecule has 0 unspecified atom stereocenters. The first-order valence-electron chi connectivity index (χ1n) is 4.42. The molecule has 0 spiro atoms. The Morgan fingerprint density at radius 3 is 2.56 bits per heavy atom. The normalized spacial score (nSPS) is 9.62. The van der Waals surface area contributed by atoms with Crippen LogP contribution in [0.15, 0.2) is 12.3 Å². The lowest BCUT2D eigenvalue weighted by Crippen LogP contribution is -2.16. The largest absolute Gasteiger partial charge is 0.496 e. The number of rotatable bonds is 5. The highest BCUT2D eigenvalue weighted by Gasteiger charge is 2.19. The van der Waals surface area contributed by atoms with E-state index in [0.717, 1.165) is 0 Å². The second-order valence-corrected chi connectivity index (χ2v) is 2.91. The summed E-state index contributed by atoms with van der Waals surface area (Å²) < 4.78 is 9.94. The summed E-state index contributed by atoms with van der Waals surface area (Å²) in [5, 5.41) is 8.52. The van der Waals surface area contributed by atoms with Crippen LogP contribution in [0, 0.1) is 0 Å². The van der Waals surface area contributed by atoms with Crippen LogP contribution in [0.25, 0.3) is 0 Å². The number of carbonyl (C=O) groups is 2. The van der Waals surface area contributed by atoms with Gasteiger partial charge in [0.05, 0.1) is 26.2 Å². The molecule has 0 aromatic carbocycles. The Kier molecular flexibility index (Phi) is 3.82. The number of Topliss-reactive ketones (excluding diaryl/α,β-unsaturated/α-hetero) is 1. The number of pyridine rings is 1. The predicted molar refractivity (Wildman–Crippen MR) is 53.7 cm³/mol. The van der Waals surface area contributed by atoms with Gasteiger partial charge >= 0.3 is 5.97 Å². The minimum absolute atomic E-state index is 0.189. The van der Waals surface area contributed by atoms with E-state index in [1.807, 2.05) is 0 Å². The molecule has 0 saturated carbocycles. The van der Waals surface area contributed by atoms with Gasteiger partial charge in [-0.2, -0.15) is 0 Å². The molecule has 0 aliphatic carbocycles. The third-order valence-electron chi connectivity index (χ3n) is 1.96. The van der Waals surface area contributed by atoms with E-state index in [9.17, 15) is 9.59 Å². The highest BCUT2D eigenvalue weighted by atomic mass is 16.5. The molecule has 0 saturated heterocycles. The zero-order valence-corrected chi connectivity index (χ0v) is 8.89. The van der Waals surface area contributed by atoms with E-state index in [0.29, 0.717) is 11.3 Å². The molecule has 0 aliphatic rings. The molecule has 0 aliphatic heterocycles. The summed E-state index contributed by atoms with van der Waals surface area (Å²) in [5.41, 5.74) is 0.333. The predicted octanol–water partition coefficient (Wildman–Crippen LogP) is 0.295. The number of ketones is 1. The van der Waals surface area contributed by atoms with Crippen molar-refractivity contribution in [1.29, 1.82) is 0 Å². The third kappa shape index (κ3) is 2.47. The first kappa shape index (κ1) is 12.0. The van der Waals surface area contributed by atoms with Crippen molar-refractivity contribution in [2.45, 2.75) is 6.42 Å². The number of nitrogens with zero attached hydrogens (tertiary/aromatic N) is 1. The lowest BCUT2D eigenvalue weighted by Gasteiger charge is -2.10. The highest BCUT2D eigenvalue weighted by Crippen LogP contribution is 2.26. The molecule has 1 N–H and O–H groups in total. The van der Waals surface area contributed by atoms with E-state index in [1.165, 1.54) is 26.5 Å². The summed E-state index contributed by atoms with van der Waals surface area (Å²) in [6.45, 7) is 0. The maximum Gasteiger partial charge on any atom is 0.372 e. The summed E-state index contributed by atoms with van der Waals surface area (Å²) >= 11 is 0. The van der Waals surface area contributed by atoms with Gasteiger partial charge in [-0.25, -0.2) is 9.78 Å². The van der Waals surface area contributed by atoms with Gasteiger partial charge in [-0.3, -0.25) is 4.79 Å². The zero-order valence-electron chi connectivity index (χ0n) is 8.89. The minimum atomic E-state index is -1.49. The smallest absolute Gasteiger partial charge is 0.372 e. The van der Waals surface area contributed by atoms with Crippen molar-refractivity contribution in [2.24, 2.45) is 0 Å². The second kappa shape index (κ2) is 5.11. The summed E-state index contributed by atoms with van der Waals surface area (Å²) in [5.74, 6) is -1.87. The van der Waals surface area contributed by atoms with Crippen LogP contribution in [0.5, 0.6) is 11.6 Å². The first-order chi connectivity index (χ1) is 7.60. The average molecular weight is 225 g/mol. The molecule has 1 heterocycles. The van der Waals surface area contributed by atoms with Gasteiger partial charge in [-0.1, -0.05) is 0 Å². The number of methoxy groups -OCH3 is 2. The topological polar surface area (TPSA) is 85.7 Å². The molecule has 86 valence electrons. The summed E-state index contributed by atoms with van der Waals surface area (Å²) in [6, 6.07) is 1.53. The van der Waals surface area contributed by atoms with Crippen LogP contribution in [-0.4, -0.2) is 36.1 Å². The maximum atomic E-state index is 11.1. The Morgan fingerprint density at radius 1 is 1.38 bits per heavy atom. The fourth-order valence-corrected chi connectivity index (χ4v) is 1.22. The number of aliphatic carboxylic acids is 1. The minimum Gasteiger partial charge on any atom is -0.496 e. The Morgan fingerprint density at radius 2 is 2.06 bits per heavy atom. The molecule has 0 amide bonds. The van der Waals surface area contributed by atoms with E-state index in [2.05, 4.69) is 4.98 Å². The van der Waals surface area contributed by atoms with Crippen molar-refractivity contribution in [3.63, 3.8) is 0 Å². The summed E-state index contributed by atoms with van der Waals surface area (Å²) in [7, 11) is 2.81. The standard InChI is InChI=1S/C10H11NO5/c1-15-8-3-4-11-9(16-2)6(8)5-7(12)10(13)14/h3-4H,5H2,1-2H3,(H,13,14). The number of carboxylic acids is 1. The molecule has 0 bridgehead atoms. The van der Waals surface area contributed by atoms with Crippen molar-refractivity contribution in [1.82, 2.24) is 4.98 Å². The van der Waals surface area contributed by atoms with Crippen molar-refractivity contribution >= 4 is 11.8 Å². The van der Waals surface area contributed by atoms with Crippen LogP contribution >= 0.6 is 0 Å². The van der Waals surface area contributed by atoms with Crippen LogP contribution in [0.4, 0.5) is 0 Å². The summed E-state index contributed by atoms with van der Waals surface area (Å²) in [4.78, 5) is 25.4.